The van der Waals surface area contributed by atoms with Gasteiger partial charge in [0.1, 0.15) is 6.33 Å². The molecule has 4 nitrogen and oxygen atoms in total. The monoisotopic (exact) mass is 283 g/mol. The van der Waals surface area contributed by atoms with E-state index in [2.05, 4.69) is 16.3 Å². The lowest BCUT2D eigenvalue weighted by Gasteiger charge is -2.05. The molecule has 2 rings (SSSR count). The van der Waals surface area contributed by atoms with E-state index >= 15 is 0 Å². The number of hydrogen-bond acceptors (Lipinski definition) is 4. The van der Waals surface area contributed by atoms with Gasteiger partial charge in [0.25, 0.3) is 0 Å². The molecular weight excluding hydrogens is 270 g/mol. The first-order valence-corrected chi connectivity index (χ1v) is 6.90. The maximum absolute atomic E-state index is 5.95. The van der Waals surface area contributed by atoms with Crippen LogP contribution in [0.5, 0.6) is 0 Å². The Bertz CT molecular complexity index is 504. The van der Waals surface area contributed by atoms with Crippen molar-refractivity contribution in [2.45, 2.75) is 17.5 Å². The van der Waals surface area contributed by atoms with Crippen molar-refractivity contribution in [3.8, 4) is 0 Å². The van der Waals surface area contributed by atoms with E-state index in [1.54, 1.807) is 25.2 Å². The molecule has 0 atom stereocenters. The lowest BCUT2D eigenvalue weighted by atomic mass is 10.2. The van der Waals surface area contributed by atoms with Crippen LogP contribution >= 0.6 is 23.4 Å². The molecule has 0 radical (unpaired) electrons. The van der Waals surface area contributed by atoms with Gasteiger partial charge in [0.05, 0.1) is 6.61 Å². The van der Waals surface area contributed by atoms with Crippen LogP contribution in [0, 0.1) is 0 Å². The van der Waals surface area contributed by atoms with Crippen molar-refractivity contribution < 1.29 is 4.74 Å². The standard InChI is InChI=1S/C12H14ClN3OS/c1-17-6-5-16-9-14-15-12(16)18-8-10-3-2-4-11(13)7-10/h2-4,7,9H,5-6,8H2,1H3. The van der Waals surface area contributed by atoms with Gasteiger partial charge in [0.15, 0.2) is 5.16 Å². The predicted molar refractivity (Wildman–Crippen MR) is 72.9 cm³/mol. The Kier molecular flexibility index (Phi) is 5.04. The van der Waals surface area contributed by atoms with E-state index in [1.165, 1.54) is 5.56 Å². The van der Waals surface area contributed by atoms with Gasteiger partial charge < -0.3 is 9.30 Å². The summed E-state index contributed by atoms with van der Waals surface area (Å²) >= 11 is 7.59. The molecule has 0 fully saturated rings. The molecule has 1 aromatic heterocycles. The number of methoxy groups -OCH3 is 1. The molecular formula is C12H14ClN3OS. The SMILES string of the molecule is COCCn1cnnc1SCc1cccc(Cl)c1. The Balaban J connectivity index is 1.95. The van der Waals surface area contributed by atoms with Crippen LogP contribution in [0.4, 0.5) is 0 Å². The van der Waals surface area contributed by atoms with E-state index in [1.807, 2.05) is 22.8 Å². The summed E-state index contributed by atoms with van der Waals surface area (Å²) < 4.78 is 7.03. The number of nitrogens with zero attached hydrogens (tertiary/aromatic N) is 3. The van der Waals surface area contributed by atoms with Crippen molar-refractivity contribution >= 4 is 23.4 Å². The highest BCUT2D eigenvalue weighted by Gasteiger charge is 2.05. The van der Waals surface area contributed by atoms with E-state index in [9.17, 15) is 0 Å². The van der Waals surface area contributed by atoms with Crippen molar-refractivity contribution in [1.82, 2.24) is 14.8 Å². The summed E-state index contributed by atoms with van der Waals surface area (Å²) in [5.74, 6) is 0.826. The highest BCUT2D eigenvalue weighted by atomic mass is 35.5. The lowest BCUT2D eigenvalue weighted by Crippen LogP contribution is -2.04. The predicted octanol–water partition coefficient (Wildman–Crippen LogP) is 2.87. The molecule has 0 saturated heterocycles. The first-order chi connectivity index (χ1) is 8.79. The molecule has 0 spiro atoms. The second kappa shape index (κ2) is 6.78. The highest BCUT2D eigenvalue weighted by molar-refractivity contribution is 7.98. The molecule has 0 unspecified atom stereocenters. The Morgan fingerprint density at radius 3 is 3.11 bits per heavy atom. The van der Waals surface area contributed by atoms with Crippen molar-refractivity contribution in [2.75, 3.05) is 13.7 Å². The normalized spacial score (nSPS) is 10.8. The van der Waals surface area contributed by atoms with E-state index in [0.717, 1.165) is 22.5 Å². The fourth-order valence-electron chi connectivity index (χ4n) is 1.47. The summed E-state index contributed by atoms with van der Waals surface area (Å²) in [6, 6.07) is 7.84. The molecule has 96 valence electrons. The molecule has 0 aliphatic rings. The molecule has 0 amide bonds. The van der Waals surface area contributed by atoms with E-state index in [0.29, 0.717) is 6.61 Å². The van der Waals surface area contributed by atoms with Crippen molar-refractivity contribution in [3.05, 3.63) is 41.2 Å². The van der Waals surface area contributed by atoms with Gasteiger partial charge >= 0.3 is 0 Å². The summed E-state index contributed by atoms with van der Waals surface area (Å²) in [6.07, 6.45) is 1.72. The lowest BCUT2D eigenvalue weighted by molar-refractivity contribution is 0.184. The largest absolute Gasteiger partial charge is 0.383 e. The third-order valence-corrected chi connectivity index (χ3v) is 3.66. The van der Waals surface area contributed by atoms with Crippen LogP contribution in [0.15, 0.2) is 35.7 Å². The van der Waals surface area contributed by atoms with Crippen LogP contribution in [0.3, 0.4) is 0 Å². The summed E-state index contributed by atoms with van der Waals surface area (Å²) in [7, 11) is 1.68. The number of hydrogen-bond donors (Lipinski definition) is 0. The third-order valence-electron chi connectivity index (χ3n) is 2.37. The number of ether oxygens (including phenoxy) is 1. The van der Waals surface area contributed by atoms with Crippen LogP contribution < -0.4 is 0 Å². The Morgan fingerprint density at radius 1 is 1.44 bits per heavy atom. The molecule has 6 heteroatoms. The van der Waals surface area contributed by atoms with Crippen LogP contribution in [0.1, 0.15) is 5.56 Å². The van der Waals surface area contributed by atoms with Gasteiger partial charge in [0, 0.05) is 24.4 Å². The number of benzene rings is 1. The van der Waals surface area contributed by atoms with Crippen molar-refractivity contribution in [2.24, 2.45) is 0 Å². The Morgan fingerprint density at radius 2 is 2.33 bits per heavy atom. The molecule has 0 bridgehead atoms. The van der Waals surface area contributed by atoms with Gasteiger partial charge in [-0.05, 0) is 17.7 Å². The van der Waals surface area contributed by atoms with Crippen LogP contribution in [0.25, 0.3) is 0 Å². The summed E-state index contributed by atoms with van der Waals surface area (Å²) in [5.41, 5.74) is 1.17. The van der Waals surface area contributed by atoms with Crippen LogP contribution in [-0.4, -0.2) is 28.5 Å². The minimum absolute atomic E-state index is 0.656. The Hall–Kier alpha value is -1.04. The topological polar surface area (TPSA) is 39.9 Å². The minimum atomic E-state index is 0.656. The molecule has 2 aromatic rings. The van der Waals surface area contributed by atoms with Crippen LogP contribution in [0.2, 0.25) is 5.02 Å². The summed E-state index contributed by atoms with van der Waals surface area (Å²) in [6.45, 7) is 1.42. The van der Waals surface area contributed by atoms with Crippen molar-refractivity contribution in [1.29, 1.82) is 0 Å². The molecule has 0 aliphatic carbocycles. The van der Waals surface area contributed by atoms with E-state index in [4.69, 9.17) is 16.3 Å². The number of rotatable bonds is 6. The van der Waals surface area contributed by atoms with E-state index in [-0.39, 0.29) is 0 Å². The smallest absolute Gasteiger partial charge is 0.191 e. The first kappa shape index (κ1) is 13.4. The summed E-state index contributed by atoms with van der Waals surface area (Å²) in [4.78, 5) is 0. The summed E-state index contributed by atoms with van der Waals surface area (Å²) in [5, 5.41) is 9.66. The average Bonchev–Trinajstić information content (AvgIpc) is 2.81. The fraction of sp³-hybridized carbons (Fsp3) is 0.333. The molecule has 18 heavy (non-hydrogen) atoms. The van der Waals surface area contributed by atoms with Gasteiger partial charge in [-0.2, -0.15) is 0 Å². The molecule has 0 N–H and O–H groups in total. The second-order valence-corrected chi connectivity index (χ2v) is 5.10. The van der Waals surface area contributed by atoms with E-state index < -0.39 is 0 Å². The van der Waals surface area contributed by atoms with Gasteiger partial charge in [-0.25, -0.2) is 0 Å². The first-order valence-electron chi connectivity index (χ1n) is 5.53. The third kappa shape index (κ3) is 3.73. The molecule has 0 saturated carbocycles. The zero-order valence-corrected chi connectivity index (χ0v) is 11.6. The zero-order valence-electron chi connectivity index (χ0n) is 10.0. The quantitative estimate of drug-likeness (QED) is 0.764. The highest BCUT2D eigenvalue weighted by Crippen LogP contribution is 2.22. The zero-order chi connectivity index (χ0) is 12.8. The second-order valence-electron chi connectivity index (χ2n) is 3.72. The van der Waals surface area contributed by atoms with Gasteiger partial charge in [-0.1, -0.05) is 35.5 Å². The van der Waals surface area contributed by atoms with Crippen LogP contribution in [-0.2, 0) is 17.0 Å². The maximum Gasteiger partial charge on any atom is 0.191 e. The molecule has 1 heterocycles. The van der Waals surface area contributed by atoms with Gasteiger partial charge in [0.2, 0.25) is 0 Å². The molecule has 0 aliphatic heterocycles. The minimum Gasteiger partial charge on any atom is -0.383 e. The van der Waals surface area contributed by atoms with Gasteiger partial charge in [-0.15, -0.1) is 10.2 Å². The number of aromatic nitrogens is 3. The van der Waals surface area contributed by atoms with Gasteiger partial charge in [-0.3, -0.25) is 0 Å². The number of thioether (sulfide) groups is 1. The average molecular weight is 284 g/mol. The number of halogens is 1. The Labute approximate surface area is 115 Å². The van der Waals surface area contributed by atoms with Crippen molar-refractivity contribution in [3.63, 3.8) is 0 Å². The maximum atomic E-state index is 5.95. The molecule has 1 aromatic carbocycles. The fourth-order valence-corrected chi connectivity index (χ4v) is 2.57.